The lowest BCUT2D eigenvalue weighted by molar-refractivity contribution is -0.384. The second-order valence-electron chi connectivity index (χ2n) is 5.22. The van der Waals surface area contributed by atoms with Gasteiger partial charge < -0.3 is 10.7 Å². The minimum absolute atomic E-state index is 0.107. The molecule has 110 valence electrons. The van der Waals surface area contributed by atoms with Crippen molar-refractivity contribution in [2.75, 3.05) is 5.43 Å². The molecule has 20 heavy (non-hydrogen) atoms. The molecule has 0 aliphatic heterocycles. The third kappa shape index (κ3) is 3.92. The number of nitro benzene ring substituents is 1. The number of carbonyl (C=O) groups excluding carboxylic acids is 1. The zero-order valence-electron chi connectivity index (χ0n) is 11.9. The molecule has 0 heterocycles. The van der Waals surface area contributed by atoms with Crippen LogP contribution in [0.3, 0.4) is 0 Å². The van der Waals surface area contributed by atoms with E-state index in [-0.39, 0.29) is 22.8 Å². The fraction of sp³-hybridized carbons (Fsp3) is 0.462. The highest BCUT2D eigenvalue weighted by Crippen LogP contribution is 2.24. The van der Waals surface area contributed by atoms with Gasteiger partial charge >= 0.3 is 0 Å². The van der Waals surface area contributed by atoms with Gasteiger partial charge in [0.2, 0.25) is 0 Å². The van der Waals surface area contributed by atoms with Gasteiger partial charge in [-0.3, -0.25) is 20.8 Å². The van der Waals surface area contributed by atoms with E-state index in [1.54, 1.807) is 0 Å². The fourth-order valence-electron chi connectivity index (χ4n) is 2.02. The number of anilines is 1. The van der Waals surface area contributed by atoms with Gasteiger partial charge in [0, 0.05) is 17.2 Å². The highest BCUT2D eigenvalue weighted by atomic mass is 16.6. The maximum atomic E-state index is 12.1. The first-order chi connectivity index (χ1) is 9.30. The number of rotatable bonds is 6. The zero-order chi connectivity index (χ0) is 15.3. The monoisotopic (exact) mass is 280 g/mol. The van der Waals surface area contributed by atoms with Gasteiger partial charge in [-0.15, -0.1) is 0 Å². The van der Waals surface area contributed by atoms with E-state index in [0.717, 1.165) is 12.8 Å². The number of nitrogens with zero attached hydrogens (tertiary/aromatic N) is 1. The molecule has 0 atom stereocenters. The summed E-state index contributed by atoms with van der Waals surface area (Å²) in [4.78, 5) is 22.4. The number of carbonyl (C=O) groups is 1. The number of benzene rings is 1. The maximum absolute atomic E-state index is 12.1. The summed E-state index contributed by atoms with van der Waals surface area (Å²) in [5, 5.41) is 13.7. The van der Waals surface area contributed by atoms with Gasteiger partial charge in [0.1, 0.15) is 5.69 Å². The van der Waals surface area contributed by atoms with Crippen LogP contribution in [0, 0.1) is 10.1 Å². The molecule has 0 saturated carbocycles. The van der Waals surface area contributed by atoms with Crippen LogP contribution >= 0.6 is 0 Å². The van der Waals surface area contributed by atoms with E-state index in [2.05, 4.69) is 10.7 Å². The third-order valence-corrected chi connectivity index (χ3v) is 2.94. The van der Waals surface area contributed by atoms with Crippen molar-refractivity contribution in [1.29, 1.82) is 0 Å². The lowest BCUT2D eigenvalue weighted by Gasteiger charge is -2.25. The average Bonchev–Trinajstić information content (AvgIpc) is 2.36. The molecule has 0 fully saturated rings. The second kappa shape index (κ2) is 6.33. The first kappa shape index (κ1) is 15.9. The third-order valence-electron chi connectivity index (χ3n) is 2.94. The van der Waals surface area contributed by atoms with Crippen LogP contribution in [0.25, 0.3) is 0 Å². The molecule has 4 N–H and O–H groups in total. The molecule has 1 aromatic rings. The Balaban J connectivity index is 2.97. The van der Waals surface area contributed by atoms with Gasteiger partial charge in [-0.05, 0) is 32.4 Å². The lowest BCUT2D eigenvalue weighted by atomic mass is 9.98. The molecule has 7 nitrogen and oxygen atoms in total. The van der Waals surface area contributed by atoms with Crippen LogP contribution in [0.1, 0.15) is 44.0 Å². The molecule has 1 amide bonds. The summed E-state index contributed by atoms with van der Waals surface area (Å²) in [5.74, 6) is 4.96. The number of hydrogen-bond donors (Lipinski definition) is 3. The standard InChI is InChI=1S/C13H20N4O3/c1-4-7-13(2,3)15-12(18)9-5-6-11(17(19)20)10(8-9)16-14/h5-6,8,16H,4,7,14H2,1-3H3,(H,15,18). The van der Waals surface area contributed by atoms with Crippen molar-refractivity contribution in [2.45, 2.75) is 39.2 Å². The highest BCUT2D eigenvalue weighted by Gasteiger charge is 2.22. The number of amides is 1. The molecule has 1 aromatic carbocycles. The summed E-state index contributed by atoms with van der Waals surface area (Å²) in [6.07, 6.45) is 1.79. The topological polar surface area (TPSA) is 110 Å². The Kier molecular flexibility index (Phi) is 5.04. The quantitative estimate of drug-likeness (QED) is 0.420. The Bertz CT molecular complexity index is 514. The molecule has 0 bridgehead atoms. The van der Waals surface area contributed by atoms with Crippen molar-refractivity contribution in [2.24, 2.45) is 5.84 Å². The van der Waals surface area contributed by atoms with E-state index < -0.39 is 4.92 Å². The summed E-state index contributed by atoms with van der Waals surface area (Å²) in [6.45, 7) is 5.90. The molecule has 1 rings (SSSR count). The Morgan fingerprint density at radius 2 is 2.10 bits per heavy atom. The molecule has 0 aliphatic rings. The van der Waals surface area contributed by atoms with Gasteiger partial charge in [0.15, 0.2) is 0 Å². The van der Waals surface area contributed by atoms with Crippen LogP contribution in [0.15, 0.2) is 18.2 Å². The average molecular weight is 280 g/mol. The largest absolute Gasteiger partial charge is 0.347 e. The Morgan fingerprint density at radius 1 is 1.45 bits per heavy atom. The lowest BCUT2D eigenvalue weighted by Crippen LogP contribution is -2.43. The molecule has 7 heteroatoms. The molecule has 0 unspecified atom stereocenters. The van der Waals surface area contributed by atoms with Crippen LogP contribution in [0.5, 0.6) is 0 Å². The molecular weight excluding hydrogens is 260 g/mol. The van der Waals surface area contributed by atoms with Crippen molar-refractivity contribution in [3.8, 4) is 0 Å². The first-order valence-electron chi connectivity index (χ1n) is 6.38. The van der Waals surface area contributed by atoms with Crippen LogP contribution in [-0.4, -0.2) is 16.4 Å². The maximum Gasteiger partial charge on any atom is 0.293 e. The van der Waals surface area contributed by atoms with E-state index in [4.69, 9.17) is 5.84 Å². The molecule has 0 aromatic heterocycles. The number of nitrogen functional groups attached to an aromatic ring is 1. The minimum atomic E-state index is -0.558. The Hall–Kier alpha value is -2.15. The van der Waals surface area contributed by atoms with Gasteiger partial charge in [-0.1, -0.05) is 13.3 Å². The Labute approximate surface area is 117 Å². The van der Waals surface area contributed by atoms with Gasteiger partial charge in [0.05, 0.1) is 4.92 Å². The van der Waals surface area contributed by atoms with Crippen molar-refractivity contribution in [3.63, 3.8) is 0 Å². The van der Waals surface area contributed by atoms with Crippen LogP contribution in [0.4, 0.5) is 11.4 Å². The predicted octanol–water partition coefficient (Wildman–Crippen LogP) is 2.19. The van der Waals surface area contributed by atoms with Gasteiger partial charge in [0.25, 0.3) is 11.6 Å². The number of hydrazine groups is 1. The van der Waals surface area contributed by atoms with E-state index in [0.29, 0.717) is 5.56 Å². The van der Waals surface area contributed by atoms with Crippen molar-refractivity contribution < 1.29 is 9.72 Å². The van der Waals surface area contributed by atoms with Crippen molar-refractivity contribution in [1.82, 2.24) is 5.32 Å². The normalized spacial score (nSPS) is 11.0. The predicted molar refractivity (Wildman–Crippen MR) is 77.4 cm³/mol. The summed E-state index contributed by atoms with van der Waals surface area (Å²) in [5.41, 5.74) is 2.17. The second-order valence-corrected chi connectivity index (χ2v) is 5.22. The Morgan fingerprint density at radius 3 is 2.60 bits per heavy atom. The van der Waals surface area contributed by atoms with Gasteiger partial charge in [-0.2, -0.15) is 0 Å². The van der Waals surface area contributed by atoms with E-state index in [9.17, 15) is 14.9 Å². The fourth-order valence-corrected chi connectivity index (χ4v) is 2.02. The number of hydrogen-bond acceptors (Lipinski definition) is 5. The molecular formula is C13H20N4O3. The van der Waals surface area contributed by atoms with Crippen LogP contribution < -0.4 is 16.6 Å². The summed E-state index contributed by atoms with van der Waals surface area (Å²) < 4.78 is 0. The van der Waals surface area contributed by atoms with Gasteiger partial charge in [-0.25, -0.2) is 0 Å². The number of nitro groups is 1. The molecule has 0 aliphatic carbocycles. The summed E-state index contributed by atoms with van der Waals surface area (Å²) >= 11 is 0. The van der Waals surface area contributed by atoms with E-state index in [1.807, 2.05) is 20.8 Å². The molecule has 0 radical (unpaired) electrons. The minimum Gasteiger partial charge on any atom is -0.347 e. The highest BCUT2D eigenvalue weighted by molar-refractivity contribution is 5.96. The molecule has 0 saturated heterocycles. The van der Waals surface area contributed by atoms with Crippen molar-refractivity contribution >= 4 is 17.3 Å². The molecule has 0 spiro atoms. The van der Waals surface area contributed by atoms with E-state index in [1.165, 1.54) is 18.2 Å². The summed E-state index contributed by atoms with van der Waals surface area (Å²) in [7, 11) is 0. The smallest absolute Gasteiger partial charge is 0.293 e. The number of nitrogens with two attached hydrogens (primary N) is 1. The zero-order valence-corrected chi connectivity index (χ0v) is 11.9. The van der Waals surface area contributed by atoms with Crippen LogP contribution in [-0.2, 0) is 0 Å². The van der Waals surface area contributed by atoms with Crippen LogP contribution in [0.2, 0.25) is 0 Å². The SMILES string of the molecule is CCCC(C)(C)NC(=O)c1ccc([N+](=O)[O-])c(NN)c1. The van der Waals surface area contributed by atoms with E-state index >= 15 is 0 Å². The summed E-state index contributed by atoms with van der Waals surface area (Å²) in [6, 6.07) is 4.04. The first-order valence-corrected chi connectivity index (χ1v) is 6.38. The number of nitrogens with one attached hydrogen (secondary N) is 2. The van der Waals surface area contributed by atoms with Crippen molar-refractivity contribution in [3.05, 3.63) is 33.9 Å².